The number of β-amino-alcohol motifs (C(OH)–C–C–N with tert-alkyl or cyclic N) is 1. The van der Waals surface area contributed by atoms with Crippen LogP contribution >= 0.6 is 0 Å². The van der Waals surface area contributed by atoms with Gasteiger partial charge in [0, 0.05) is 44.3 Å². The van der Waals surface area contributed by atoms with Crippen LogP contribution in [0, 0.1) is 41.4 Å². The van der Waals surface area contributed by atoms with E-state index in [0.717, 1.165) is 37.4 Å². The van der Waals surface area contributed by atoms with Gasteiger partial charge >= 0.3 is 0 Å². The molecule has 1 aliphatic heterocycles. The SMILES string of the molecule is Cc1ccccc1CNc1ncc(C#N)c(NC[C@]23CC4C[C@H](C2)[C@@H](N[C@H]2CC[C@@H](N5CC(O)C5)CC2)[C@@H](C4)C3)n1. The van der Waals surface area contributed by atoms with Crippen LogP contribution in [0.1, 0.15) is 74.5 Å². The van der Waals surface area contributed by atoms with Crippen LogP contribution in [0.2, 0.25) is 0 Å². The predicted octanol–water partition coefficient (Wildman–Crippen LogP) is 4.45. The third kappa shape index (κ3) is 5.57. The average molecular weight is 556 g/mol. The van der Waals surface area contributed by atoms with E-state index in [4.69, 9.17) is 4.98 Å². The van der Waals surface area contributed by atoms with Gasteiger partial charge in [-0.15, -0.1) is 0 Å². The molecular weight excluding hydrogens is 510 g/mol. The van der Waals surface area contributed by atoms with E-state index in [1.807, 2.05) is 6.07 Å². The fourth-order valence-corrected chi connectivity index (χ4v) is 9.28. The Hall–Kier alpha value is -2.73. The molecule has 4 N–H and O–H groups in total. The van der Waals surface area contributed by atoms with E-state index in [9.17, 15) is 10.4 Å². The van der Waals surface area contributed by atoms with Gasteiger partial charge < -0.3 is 21.1 Å². The van der Waals surface area contributed by atoms with Crippen LogP contribution in [-0.2, 0) is 6.54 Å². The Labute approximate surface area is 244 Å². The van der Waals surface area contributed by atoms with Crippen LogP contribution in [0.15, 0.2) is 30.5 Å². The van der Waals surface area contributed by atoms with Crippen LogP contribution in [-0.4, -0.2) is 63.8 Å². The second-order valence-corrected chi connectivity index (χ2v) is 14.0. The summed E-state index contributed by atoms with van der Waals surface area (Å²) in [7, 11) is 0. The summed E-state index contributed by atoms with van der Waals surface area (Å²) >= 11 is 0. The number of likely N-dealkylation sites (tertiary alicyclic amines) is 1. The second-order valence-electron chi connectivity index (χ2n) is 14.0. The molecular formula is C33H45N7O. The molecule has 8 nitrogen and oxygen atoms in total. The Bertz CT molecular complexity index is 1260. The van der Waals surface area contributed by atoms with Gasteiger partial charge in [0.15, 0.2) is 0 Å². The Morgan fingerprint density at radius 3 is 2.51 bits per heavy atom. The van der Waals surface area contributed by atoms with E-state index >= 15 is 0 Å². The zero-order chi connectivity index (χ0) is 28.0. The van der Waals surface area contributed by atoms with Crippen molar-refractivity contribution in [3.8, 4) is 6.07 Å². The lowest BCUT2D eigenvalue weighted by Gasteiger charge is -2.61. The first-order valence-electron chi connectivity index (χ1n) is 15.9. The van der Waals surface area contributed by atoms with E-state index in [-0.39, 0.29) is 6.10 Å². The largest absolute Gasteiger partial charge is 0.390 e. The molecule has 1 aromatic carbocycles. The number of anilines is 2. The van der Waals surface area contributed by atoms with Gasteiger partial charge in [0.1, 0.15) is 17.5 Å². The number of hydrogen-bond acceptors (Lipinski definition) is 8. The zero-order valence-electron chi connectivity index (χ0n) is 24.4. The van der Waals surface area contributed by atoms with Gasteiger partial charge in [-0.1, -0.05) is 24.3 Å². The van der Waals surface area contributed by atoms with Gasteiger partial charge in [-0.25, -0.2) is 4.98 Å². The molecule has 5 saturated carbocycles. The highest BCUT2D eigenvalue weighted by molar-refractivity contribution is 5.53. The van der Waals surface area contributed by atoms with Crippen molar-refractivity contribution in [1.29, 1.82) is 5.26 Å². The Morgan fingerprint density at radius 2 is 1.80 bits per heavy atom. The van der Waals surface area contributed by atoms with Gasteiger partial charge in [0.2, 0.25) is 5.95 Å². The number of nitrogens with zero attached hydrogens (tertiary/aromatic N) is 4. The van der Waals surface area contributed by atoms with Crippen molar-refractivity contribution in [2.24, 2.45) is 23.2 Å². The van der Waals surface area contributed by atoms with Crippen molar-refractivity contribution in [1.82, 2.24) is 20.2 Å². The highest BCUT2D eigenvalue weighted by Crippen LogP contribution is 2.60. The highest BCUT2D eigenvalue weighted by atomic mass is 16.3. The second kappa shape index (κ2) is 11.2. The molecule has 6 fully saturated rings. The lowest BCUT2D eigenvalue weighted by Crippen LogP contribution is -2.62. The van der Waals surface area contributed by atoms with Crippen molar-refractivity contribution < 1.29 is 5.11 Å². The third-order valence-electron chi connectivity index (χ3n) is 11.2. The first-order chi connectivity index (χ1) is 20.0. The lowest BCUT2D eigenvalue weighted by molar-refractivity contribution is -0.0749. The number of aryl methyl sites for hydroxylation is 1. The van der Waals surface area contributed by atoms with Gasteiger partial charge in [0.25, 0.3) is 0 Å². The fraction of sp³-hybridized carbons (Fsp3) is 0.667. The van der Waals surface area contributed by atoms with Crippen LogP contribution < -0.4 is 16.0 Å². The topological polar surface area (TPSA) is 109 Å². The molecule has 8 rings (SSSR count). The van der Waals surface area contributed by atoms with Crippen molar-refractivity contribution in [3.63, 3.8) is 0 Å². The molecule has 5 atom stereocenters. The third-order valence-corrected chi connectivity index (χ3v) is 11.2. The molecule has 0 radical (unpaired) electrons. The number of nitrogens with one attached hydrogen (secondary N) is 3. The van der Waals surface area contributed by atoms with E-state index in [1.54, 1.807) is 6.20 Å². The molecule has 41 heavy (non-hydrogen) atoms. The molecule has 1 saturated heterocycles. The summed E-state index contributed by atoms with van der Waals surface area (Å²) in [6.45, 7) is 5.41. The molecule has 8 heteroatoms. The number of nitriles is 1. The summed E-state index contributed by atoms with van der Waals surface area (Å²) in [4.78, 5) is 11.6. The lowest BCUT2D eigenvalue weighted by atomic mass is 9.47. The normalized spacial score (nSPS) is 34.7. The molecule has 218 valence electrons. The number of aliphatic hydroxyl groups is 1. The maximum Gasteiger partial charge on any atom is 0.224 e. The van der Waals surface area contributed by atoms with Crippen molar-refractivity contribution in [3.05, 3.63) is 47.2 Å². The number of aromatic nitrogens is 2. The molecule has 5 aliphatic carbocycles. The number of hydrogen-bond donors (Lipinski definition) is 4. The molecule has 0 spiro atoms. The molecule has 1 unspecified atom stereocenters. The average Bonchev–Trinajstić information content (AvgIpc) is 2.96. The van der Waals surface area contributed by atoms with Gasteiger partial charge in [-0.3, -0.25) is 4.90 Å². The van der Waals surface area contributed by atoms with E-state index < -0.39 is 0 Å². The van der Waals surface area contributed by atoms with Crippen molar-refractivity contribution in [2.45, 2.75) is 95.5 Å². The molecule has 0 amide bonds. The van der Waals surface area contributed by atoms with Crippen LogP contribution in [0.25, 0.3) is 0 Å². The van der Waals surface area contributed by atoms with Gasteiger partial charge in [0.05, 0.1) is 12.3 Å². The monoisotopic (exact) mass is 555 g/mol. The minimum Gasteiger partial charge on any atom is -0.390 e. The van der Waals surface area contributed by atoms with E-state index in [1.165, 1.54) is 68.9 Å². The maximum absolute atomic E-state index is 9.77. The summed E-state index contributed by atoms with van der Waals surface area (Å²) < 4.78 is 0. The first-order valence-corrected chi connectivity index (χ1v) is 15.9. The Kier molecular flexibility index (Phi) is 7.39. The van der Waals surface area contributed by atoms with Gasteiger partial charge in [-0.05, 0) is 99.0 Å². The Morgan fingerprint density at radius 1 is 1.05 bits per heavy atom. The summed E-state index contributed by atoms with van der Waals surface area (Å²) in [5, 5.41) is 30.6. The molecule has 4 bridgehead atoms. The van der Waals surface area contributed by atoms with E-state index in [0.29, 0.717) is 47.4 Å². The number of benzene rings is 1. The van der Waals surface area contributed by atoms with E-state index in [2.05, 4.69) is 57.0 Å². The van der Waals surface area contributed by atoms with Crippen LogP contribution in [0.4, 0.5) is 11.8 Å². The minimum atomic E-state index is -0.0933. The molecule has 2 heterocycles. The Balaban J connectivity index is 0.962. The summed E-state index contributed by atoms with van der Waals surface area (Å²) in [5.41, 5.74) is 3.27. The zero-order valence-corrected chi connectivity index (χ0v) is 24.4. The standard InChI is InChI=1S/C33H45N7O/c1-21-4-2-3-5-23(21)16-35-32-36-17-26(15-34)31(39-32)37-20-33-12-22-10-24(13-33)30(25(11-22)14-33)38-27-6-8-28(9-7-27)40-18-29(41)19-40/h2-5,17,22,24-25,27-30,38,41H,6-14,16,18-20H2,1H3,(H2,35,36,37,39)/t22?,24-,25+,27-,28+,30-,33-. The molecule has 2 aromatic rings. The minimum absolute atomic E-state index is 0.0933. The highest BCUT2D eigenvalue weighted by Gasteiger charge is 2.55. The van der Waals surface area contributed by atoms with Crippen molar-refractivity contribution in [2.75, 3.05) is 30.3 Å². The maximum atomic E-state index is 9.77. The summed E-state index contributed by atoms with van der Waals surface area (Å²) in [5.74, 6) is 3.58. The summed E-state index contributed by atoms with van der Waals surface area (Å²) in [6.07, 6.45) is 13.2. The fourth-order valence-electron chi connectivity index (χ4n) is 9.28. The van der Waals surface area contributed by atoms with Crippen molar-refractivity contribution >= 4 is 11.8 Å². The number of rotatable bonds is 9. The van der Waals surface area contributed by atoms with Crippen LogP contribution in [0.3, 0.4) is 0 Å². The first kappa shape index (κ1) is 27.1. The predicted molar refractivity (Wildman–Crippen MR) is 160 cm³/mol. The molecule has 1 aromatic heterocycles. The molecule has 6 aliphatic rings. The summed E-state index contributed by atoms with van der Waals surface area (Å²) in [6, 6.07) is 12.6. The van der Waals surface area contributed by atoms with Crippen LogP contribution in [0.5, 0.6) is 0 Å². The smallest absolute Gasteiger partial charge is 0.224 e. The quantitative estimate of drug-likeness (QED) is 0.359. The van der Waals surface area contributed by atoms with Gasteiger partial charge in [-0.2, -0.15) is 10.2 Å². The number of aliphatic hydroxyl groups excluding tert-OH is 1.